The predicted molar refractivity (Wildman–Crippen MR) is 85.9 cm³/mol. The van der Waals surface area contributed by atoms with Gasteiger partial charge in [0.2, 0.25) is 0 Å². The second kappa shape index (κ2) is 8.08. The van der Waals surface area contributed by atoms with Crippen molar-refractivity contribution in [2.45, 2.75) is 39.0 Å². The van der Waals surface area contributed by atoms with Crippen LogP contribution in [0.5, 0.6) is 5.75 Å². The van der Waals surface area contributed by atoms with E-state index in [1.165, 1.54) is 13.2 Å². The molecule has 1 amide bonds. The Morgan fingerprint density at radius 3 is 2.42 bits per heavy atom. The lowest BCUT2D eigenvalue weighted by molar-refractivity contribution is -0.137. The molecule has 1 aromatic carbocycles. The first-order valence-corrected chi connectivity index (χ1v) is 7.41. The van der Waals surface area contributed by atoms with Crippen LogP contribution in [0.15, 0.2) is 24.3 Å². The van der Waals surface area contributed by atoms with Crippen LogP contribution in [0.1, 0.15) is 38.3 Å². The Labute approximate surface area is 139 Å². The van der Waals surface area contributed by atoms with E-state index < -0.39 is 23.4 Å². The maximum atomic E-state index is 12.8. The molecule has 0 radical (unpaired) electrons. The summed E-state index contributed by atoms with van der Waals surface area (Å²) in [6.45, 7) is 5.59. The Kier molecular flexibility index (Phi) is 6.69. The van der Waals surface area contributed by atoms with E-state index in [4.69, 9.17) is 9.47 Å². The van der Waals surface area contributed by atoms with Gasteiger partial charge in [0.25, 0.3) is 0 Å². The lowest BCUT2D eigenvalue weighted by Crippen LogP contribution is -2.32. The summed E-state index contributed by atoms with van der Waals surface area (Å²) in [5, 5.41) is 2.57. The molecule has 134 valence electrons. The highest BCUT2D eigenvalue weighted by atomic mass is 19.4. The van der Waals surface area contributed by atoms with Crippen LogP contribution in [0.25, 0.3) is 6.08 Å². The van der Waals surface area contributed by atoms with Crippen LogP contribution < -0.4 is 10.1 Å². The van der Waals surface area contributed by atoms with Crippen molar-refractivity contribution >= 4 is 12.2 Å². The molecule has 0 aliphatic rings. The van der Waals surface area contributed by atoms with Gasteiger partial charge in [0.1, 0.15) is 11.4 Å². The molecule has 0 aromatic heterocycles. The molecule has 4 nitrogen and oxygen atoms in total. The fourth-order valence-electron chi connectivity index (χ4n) is 1.79. The summed E-state index contributed by atoms with van der Waals surface area (Å²) < 4.78 is 48.4. The van der Waals surface area contributed by atoms with Gasteiger partial charge in [-0.2, -0.15) is 13.2 Å². The van der Waals surface area contributed by atoms with Gasteiger partial charge in [-0.3, -0.25) is 0 Å². The number of methoxy groups -OCH3 is 1. The van der Waals surface area contributed by atoms with Crippen molar-refractivity contribution < 1.29 is 27.4 Å². The number of rotatable bonds is 5. The topological polar surface area (TPSA) is 47.6 Å². The third-order valence-corrected chi connectivity index (χ3v) is 2.78. The van der Waals surface area contributed by atoms with Gasteiger partial charge in [0.05, 0.1) is 12.7 Å². The molecule has 0 saturated heterocycles. The summed E-state index contributed by atoms with van der Waals surface area (Å²) >= 11 is 0. The molecule has 24 heavy (non-hydrogen) atoms. The summed E-state index contributed by atoms with van der Waals surface area (Å²) in [4.78, 5) is 11.4. The molecule has 1 rings (SSSR count). The highest BCUT2D eigenvalue weighted by molar-refractivity contribution is 5.67. The number of nitrogens with one attached hydrogen (secondary N) is 1. The molecular weight excluding hydrogens is 323 g/mol. The Morgan fingerprint density at radius 2 is 1.88 bits per heavy atom. The molecule has 0 unspecified atom stereocenters. The van der Waals surface area contributed by atoms with Crippen molar-refractivity contribution in [3.05, 3.63) is 35.4 Å². The van der Waals surface area contributed by atoms with Gasteiger partial charge < -0.3 is 14.8 Å². The second-order valence-electron chi connectivity index (χ2n) is 6.11. The third kappa shape index (κ3) is 7.39. The number of alkyl carbamates (subject to hydrolysis) is 1. The summed E-state index contributed by atoms with van der Waals surface area (Å²) in [5.41, 5.74) is -0.971. The van der Waals surface area contributed by atoms with Gasteiger partial charge in [-0.15, -0.1) is 0 Å². The highest BCUT2D eigenvalue weighted by Crippen LogP contribution is 2.32. The smallest absolute Gasteiger partial charge is 0.416 e. The van der Waals surface area contributed by atoms with Gasteiger partial charge >= 0.3 is 12.3 Å². The molecule has 0 bridgehead atoms. The van der Waals surface area contributed by atoms with Crippen LogP contribution in [-0.2, 0) is 10.9 Å². The average molecular weight is 345 g/mol. The van der Waals surface area contributed by atoms with Gasteiger partial charge in [0.15, 0.2) is 0 Å². The zero-order chi connectivity index (χ0) is 18.4. The molecule has 1 N–H and O–H groups in total. The summed E-state index contributed by atoms with van der Waals surface area (Å²) in [5.74, 6) is 0.136. The Morgan fingerprint density at radius 1 is 1.21 bits per heavy atom. The quantitative estimate of drug-likeness (QED) is 0.791. The van der Waals surface area contributed by atoms with E-state index in [9.17, 15) is 18.0 Å². The molecular formula is C17H22F3NO3. The molecule has 0 aliphatic carbocycles. The number of carbonyl (C=O) groups is 1. The number of hydrogen-bond donors (Lipinski definition) is 1. The van der Waals surface area contributed by atoms with Crippen LogP contribution in [0, 0.1) is 0 Å². The van der Waals surface area contributed by atoms with E-state index in [1.54, 1.807) is 32.9 Å². The maximum absolute atomic E-state index is 12.8. The van der Waals surface area contributed by atoms with Crippen molar-refractivity contribution in [3.8, 4) is 5.75 Å². The average Bonchev–Trinajstić information content (AvgIpc) is 2.43. The largest absolute Gasteiger partial charge is 0.497 e. The van der Waals surface area contributed by atoms with Gasteiger partial charge in [-0.1, -0.05) is 12.2 Å². The third-order valence-electron chi connectivity index (χ3n) is 2.78. The van der Waals surface area contributed by atoms with Gasteiger partial charge in [0, 0.05) is 6.54 Å². The lowest BCUT2D eigenvalue weighted by atomic mass is 10.1. The van der Waals surface area contributed by atoms with E-state index in [-0.39, 0.29) is 5.75 Å². The van der Waals surface area contributed by atoms with E-state index in [2.05, 4.69) is 5.32 Å². The number of amides is 1. The van der Waals surface area contributed by atoms with E-state index in [0.29, 0.717) is 18.5 Å². The summed E-state index contributed by atoms with van der Waals surface area (Å²) in [6, 6.07) is 3.49. The Bertz CT molecular complexity index is 590. The standard InChI is InChI=1S/C17H22F3NO3/c1-16(2,3)24-15(22)21-8-6-5-7-12-9-13(17(18,19)20)11-14(10-12)23-4/h5,7,9-11H,6,8H2,1-4H3,(H,21,22). The maximum Gasteiger partial charge on any atom is 0.416 e. The van der Waals surface area contributed by atoms with Crippen molar-refractivity contribution in [1.82, 2.24) is 5.32 Å². The predicted octanol–water partition coefficient (Wildman–Crippen LogP) is 4.64. The number of hydrogen-bond acceptors (Lipinski definition) is 3. The van der Waals surface area contributed by atoms with Crippen LogP contribution >= 0.6 is 0 Å². The zero-order valence-electron chi connectivity index (χ0n) is 14.2. The highest BCUT2D eigenvalue weighted by Gasteiger charge is 2.31. The lowest BCUT2D eigenvalue weighted by Gasteiger charge is -2.19. The van der Waals surface area contributed by atoms with Gasteiger partial charge in [-0.25, -0.2) is 4.79 Å². The molecule has 0 heterocycles. The van der Waals surface area contributed by atoms with Crippen LogP contribution in [0.4, 0.5) is 18.0 Å². The van der Waals surface area contributed by atoms with E-state index >= 15 is 0 Å². The van der Waals surface area contributed by atoms with Crippen LogP contribution in [0.2, 0.25) is 0 Å². The number of halogens is 3. The molecule has 0 spiro atoms. The summed E-state index contributed by atoms with van der Waals surface area (Å²) in [7, 11) is 1.31. The monoisotopic (exact) mass is 345 g/mol. The van der Waals surface area contributed by atoms with Crippen molar-refractivity contribution in [2.75, 3.05) is 13.7 Å². The first kappa shape index (κ1) is 19.9. The normalized spacial score (nSPS) is 12.3. The number of carbonyl (C=O) groups excluding carboxylic acids is 1. The SMILES string of the molecule is COc1cc(C=CCCNC(=O)OC(C)(C)C)cc(C(F)(F)F)c1. The molecule has 0 aliphatic heterocycles. The number of ether oxygens (including phenoxy) is 2. The van der Waals surface area contributed by atoms with Crippen molar-refractivity contribution in [2.24, 2.45) is 0 Å². The zero-order valence-corrected chi connectivity index (χ0v) is 14.2. The van der Waals surface area contributed by atoms with E-state index in [1.807, 2.05) is 0 Å². The number of benzene rings is 1. The molecule has 0 saturated carbocycles. The minimum absolute atomic E-state index is 0.136. The first-order valence-electron chi connectivity index (χ1n) is 7.41. The molecule has 7 heteroatoms. The van der Waals surface area contributed by atoms with Crippen LogP contribution in [0.3, 0.4) is 0 Å². The van der Waals surface area contributed by atoms with Crippen LogP contribution in [-0.4, -0.2) is 25.3 Å². The first-order chi connectivity index (χ1) is 11.0. The van der Waals surface area contributed by atoms with Crippen molar-refractivity contribution in [1.29, 1.82) is 0 Å². The fourth-order valence-corrected chi connectivity index (χ4v) is 1.79. The minimum Gasteiger partial charge on any atom is -0.497 e. The molecule has 1 aromatic rings. The van der Waals surface area contributed by atoms with Gasteiger partial charge in [-0.05, 0) is 51.0 Å². The second-order valence-corrected chi connectivity index (χ2v) is 6.11. The van der Waals surface area contributed by atoms with Crippen molar-refractivity contribution in [3.63, 3.8) is 0 Å². The Balaban J connectivity index is 2.60. The van der Waals surface area contributed by atoms with E-state index in [0.717, 1.165) is 12.1 Å². The fraction of sp³-hybridized carbons (Fsp3) is 0.471. The minimum atomic E-state index is -4.44. The Hall–Kier alpha value is -2.18. The molecule has 0 atom stereocenters. The summed E-state index contributed by atoms with van der Waals surface area (Å²) in [6.07, 6.45) is -1.29. The molecule has 0 fully saturated rings. The number of alkyl halides is 3.